The summed E-state index contributed by atoms with van der Waals surface area (Å²) in [5.41, 5.74) is -0.293. The molecule has 0 saturated heterocycles. The molecule has 2 rings (SSSR count). The van der Waals surface area contributed by atoms with E-state index in [9.17, 15) is 18.4 Å². The molecule has 9 nitrogen and oxygen atoms in total. The Balaban J connectivity index is 1.84. The molecule has 0 radical (unpaired) electrons. The van der Waals surface area contributed by atoms with Crippen LogP contribution in [0.1, 0.15) is 12.8 Å². The average Bonchev–Trinajstić information content (AvgIpc) is 2.78. The lowest BCUT2D eigenvalue weighted by Crippen LogP contribution is -2.33. The molecule has 0 unspecified atom stereocenters. The van der Waals surface area contributed by atoms with Crippen molar-refractivity contribution in [1.29, 1.82) is 0 Å². The van der Waals surface area contributed by atoms with Gasteiger partial charge in [0, 0.05) is 38.2 Å². The van der Waals surface area contributed by atoms with Gasteiger partial charge in [0.15, 0.2) is 0 Å². The Labute approximate surface area is 201 Å². The summed E-state index contributed by atoms with van der Waals surface area (Å²) >= 11 is 4.16. The monoisotopic (exact) mass is 495 g/mol. The van der Waals surface area contributed by atoms with E-state index >= 15 is 0 Å². The summed E-state index contributed by atoms with van der Waals surface area (Å²) in [5.74, 6) is -2.10. The van der Waals surface area contributed by atoms with Gasteiger partial charge in [-0.05, 0) is 35.2 Å². The van der Waals surface area contributed by atoms with Crippen LogP contribution >= 0.6 is 12.6 Å². The minimum atomic E-state index is -1.82. The predicted octanol–water partition coefficient (Wildman–Crippen LogP) is -1.09. The lowest BCUT2D eigenvalue weighted by Gasteiger charge is -2.21. The first-order chi connectivity index (χ1) is 16.1. The number of hydrogen-bond donors (Lipinski definition) is 7. The van der Waals surface area contributed by atoms with Crippen LogP contribution in [0.25, 0.3) is 0 Å². The number of carbonyl (C=O) groups excluding carboxylic acids is 2. The number of nitrogens with one attached hydrogen (secondary N) is 2. The van der Waals surface area contributed by atoms with E-state index in [1.807, 2.05) is 0 Å². The Hall–Kier alpha value is -2.48. The van der Waals surface area contributed by atoms with Crippen LogP contribution in [0, 0.1) is 11.6 Å². The van der Waals surface area contributed by atoms with E-state index in [1.54, 1.807) is 4.90 Å². The molecule has 34 heavy (non-hydrogen) atoms. The van der Waals surface area contributed by atoms with E-state index in [0.29, 0.717) is 12.3 Å². The van der Waals surface area contributed by atoms with Gasteiger partial charge in [-0.25, -0.2) is 8.78 Å². The third-order valence-electron chi connectivity index (χ3n) is 4.86. The first-order valence-electron chi connectivity index (χ1n) is 10.3. The summed E-state index contributed by atoms with van der Waals surface area (Å²) in [5, 5.41) is 41.1. The Bertz CT molecular complexity index is 927. The predicted molar refractivity (Wildman–Crippen MR) is 129 cm³/mol. The highest BCUT2D eigenvalue weighted by Crippen LogP contribution is 2.13. The Morgan fingerprint density at radius 2 is 1.21 bits per heavy atom. The number of thiol groups is 1. The van der Waals surface area contributed by atoms with Gasteiger partial charge in [0.25, 0.3) is 0 Å². The number of rotatable bonds is 12. The lowest BCUT2D eigenvalue weighted by atomic mass is 9.80. The zero-order valence-corrected chi connectivity index (χ0v) is 19.0. The third-order valence-corrected chi connectivity index (χ3v) is 5.06. The molecule has 2 amide bonds. The van der Waals surface area contributed by atoms with Crippen LogP contribution in [0.3, 0.4) is 0 Å². The molecule has 0 bridgehead atoms. The number of anilines is 2. The molecule has 0 atom stereocenters. The minimum absolute atomic E-state index is 0.00120. The molecule has 2 aromatic carbocycles. The Kier molecular flexibility index (Phi) is 11.0. The van der Waals surface area contributed by atoms with Crippen LogP contribution in [0.2, 0.25) is 0 Å². The van der Waals surface area contributed by atoms with Crippen molar-refractivity contribution in [3.8, 4) is 0 Å². The van der Waals surface area contributed by atoms with Gasteiger partial charge in [-0.15, -0.1) is 0 Å². The molecule has 2 aromatic rings. The number of carbonyl (C=O) groups is 2. The minimum Gasteiger partial charge on any atom is -0.423 e. The second-order valence-corrected chi connectivity index (χ2v) is 7.83. The van der Waals surface area contributed by atoms with Gasteiger partial charge in [0.1, 0.15) is 11.6 Å². The van der Waals surface area contributed by atoms with Crippen molar-refractivity contribution in [2.75, 3.05) is 36.0 Å². The molecule has 0 fully saturated rings. The fraction of sp³-hybridized carbons (Fsp3) is 0.300. The molecule has 182 valence electrons. The van der Waals surface area contributed by atoms with E-state index in [1.165, 1.54) is 24.3 Å². The molecule has 0 aliphatic heterocycles. The van der Waals surface area contributed by atoms with E-state index in [4.69, 9.17) is 20.1 Å². The lowest BCUT2D eigenvalue weighted by molar-refractivity contribution is -0.116. The van der Waals surface area contributed by atoms with E-state index in [2.05, 4.69) is 23.3 Å². The molecule has 14 heteroatoms. The van der Waals surface area contributed by atoms with E-state index < -0.39 is 37.7 Å². The topological polar surface area (TPSA) is 142 Å². The smallest absolute Gasteiger partial charge is 0.423 e. The van der Waals surface area contributed by atoms with Crippen molar-refractivity contribution in [3.05, 3.63) is 48.0 Å². The number of benzene rings is 2. The van der Waals surface area contributed by atoms with Crippen LogP contribution in [-0.2, 0) is 9.59 Å². The molecular weight excluding hydrogens is 470 g/mol. The van der Waals surface area contributed by atoms with Gasteiger partial charge >= 0.3 is 14.2 Å². The number of halogens is 2. The molecule has 0 spiro atoms. The van der Waals surface area contributed by atoms with Crippen LogP contribution in [0.15, 0.2) is 36.4 Å². The molecule has 6 N–H and O–H groups in total. The van der Waals surface area contributed by atoms with E-state index in [0.717, 1.165) is 12.1 Å². The van der Waals surface area contributed by atoms with Crippen LogP contribution in [0.4, 0.5) is 20.2 Å². The van der Waals surface area contributed by atoms with Gasteiger partial charge in [0.2, 0.25) is 11.8 Å². The summed E-state index contributed by atoms with van der Waals surface area (Å²) in [6.07, 6.45) is -0.00240. The quantitative estimate of drug-likeness (QED) is 0.147. The maximum atomic E-state index is 14.0. The zero-order chi connectivity index (χ0) is 25.3. The van der Waals surface area contributed by atoms with Crippen molar-refractivity contribution >= 4 is 61.0 Å². The summed E-state index contributed by atoms with van der Waals surface area (Å²) in [4.78, 5) is 26.2. The van der Waals surface area contributed by atoms with Gasteiger partial charge in [-0.1, -0.05) is 12.1 Å². The van der Waals surface area contributed by atoms with Crippen molar-refractivity contribution in [2.24, 2.45) is 0 Å². The number of amides is 2. The van der Waals surface area contributed by atoms with E-state index in [-0.39, 0.29) is 48.2 Å². The number of nitrogens with zero attached hydrogens (tertiary/aromatic N) is 1. The Morgan fingerprint density at radius 1 is 0.794 bits per heavy atom. The highest BCUT2D eigenvalue weighted by Gasteiger charge is 2.17. The molecule has 0 aliphatic carbocycles. The Morgan fingerprint density at radius 3 is 1.53 bits per heavy atom. The van der Waals surface area contributed by atoms with Gasteiger partial charge in [-0.3, -0.25) is 9.59 Å². The third kappa shape index (κ3) is 8.70. The van der Waals surface area contributed by atoms with Crippen LogP contribution < -0.4 is 21.6 Å². The highest BCUT2D eigenvalue weighted by molar-refractivity contribution is 7.80. The normalized spacial score (nSPS) is 10.8. The van der Waals surface area contributed by atoms with Crippen molar-refractivity contribution in [3.63, 3.8) is 0 Å². The molecule has 0 aromatic heterocycles. The summed E-state index contributed by atoms with van der Waals surface area (Å²) in [6.45, 7) is 0.983. The van der Waals surface area contributed by atoms with Crippen molar-refractivity contribution in [2.45, 2.75) is 12.8 Å². The first kappa shape index (κ1) is 27.8. The maximum Gasteiger partial charge on any atom is 0.488 e. The molecule has 0 heterocycles. The van der Waals surface area contributed by atoms with Crippen LogP contribution in [-0.4, -0.2) is 76.4 Å². The largest absolute Gasteiger partial charge is 0.488 e. The summed E-state index contributed by atoms with van der Waals surface area (Å²) < 4.78 is 28.0. The second-order valence-electron chi connectivity index (χ2n) is 7.39. The molecule has 0 aliphatic rings. The number of hydrogen-bond acceptors (Lipinski definition) is 8. The second kappa shape index (κ2) is 13.4. The first-order valence-corrected chi connectivity index (χ1v) is 11.0. The molecular formula is C20H25B2F2N3O6S. The fourth-order valence-electron chi connectivity index (χ4n) is 3.01. The standard InChI is InChI=1S/C20H25B2F2N3O6S/c23-15-11-13(21(30)31)1-3-17(15)25-19(28)5-7-27(9-10-34)8-6-20(29)26-18-4-2-14(22(32)33)12-16(18)24/h1-4,11-12,30-34H,5-10H2,(H,25,28)(H,26,29). The fourth-order valence-corrected chi connectivity index (χ4v) is 3.29. The maximum absolute atomic E-state index is 14.0. The summed E-state index contributed by atoms with van der Waals surface area (Å²) in [7, 11) is -3.65. The van der Waals surface area contributed by atoms with Gasteiger partial charge in [0.05, 0.1) is 11.4 Å². The average molecular weight is 495 g/mol. The molecule has 0 saturated carbocycles. The highest BCUT2D eigenvalue weighted by atomic mass is 32.1. The van der Waals surface area contributed by atoms with Crippen molar-refractivity contribution < 1.29 is 38.5 Å². The SMILES string of the molecule is O=C(CCN(CCS)CCC(=O)Nc1ccc(B(O)O)cc1F)Nc1ccc(B(O)O)cc1F. The van der Waals surface area contributed by atoms with Crippen molar-refractivity contribution in [1.82, 2.24) is 4.90 Å². The van der Waals surface area contributed by atoms with Gasteiger partial charge in [-0.2, -0.15) is 12.6 Å². The van der Waals surface area contributed by atoms with Crippen LogP contribution in [0.5, 0.6) is 0 Å². The summed E-state index contributed by atoms with van der Waals surface area (Å²) in [6, 6.07) is 6.83. The zero-order valence-electron chi connectivity index (χ0n) is 18.1. The van der Waals surface area contributed by atoms with Gasteiger partial charge < -0.3 is 35.6 Å².